The Bertz CT molecular complexity index is 496. The summed E-state index contributed by atoms with van der Waals surface area (Å²) < 4.78 is 1.91. The van der Waals surface area contributed by atoms with E-state index < -0.39 is 0 Å². The van der Waals surface area contributed by atoms with Gasteiger partial charge in [0.05, 0.1) is 11.2 Å². The Balaban J connectivity index is 0.00000112. The molecule has 2 aromatic heterocycles. The van der Waals surface area contributed by atoms with Gasteiger partial charge in [-0.1, -0.05) is 6.07 Å². The van der Waals surface area contributed by atoms with Gasteiger partial charge in [-0.15, -0.1) is 36.6 Å². The Kier molecular flexibility index (Phi) is 5.46. The van der Waals surface area contributed by atoms with Crippen molar-refractivity contribution in [3.63, 3.8) is 0 Å². The zero-order valence-corrected chi connectivity index (χ0v) is 11.8. The Morgan fingerprint density at radius 3 is 2.44 bits per heavy atom. The van der Waals surface area contributed by atoms with E-state index in [0.29, 0.717) is 0 Å². The van der Waals surface area contributed by atoms with Crippen molar-refractivity contribution in [2.45, 2.75) is 18.9 Å². The molecular formula is C10H15Cl2N3S. The van der Waals surface area contributed by atoms with Gasteiger partial charge in [-0.3, -0.25) is 0 Å². The van der Waals surface area contributed by atoms with Crippen LogP contribution in [0, 0.1) is 13.8 Å². The minimum absolute atomic E-state index is 0. The van der Waals surface area contributed by atoms with E-state index in [9.17, 15) is 0 Å². The molecule has 0 spiro atoms. The number of hydrogen-bond acceptors (Lipinski definition) is 3. The number of hydrogen-bond donors (Lipinski definition) is 1. The summed E-state index contributed by atoms with van der Waals surface area (Å²) in [5.74, 6) is 0. The lowest BCUT2D eigenvalue weighted by molar-refractivity contribution is 0.858. The third kappa shape index (κ3) is 2.24. The molecule has 16 heavy (non-hydrogen) atoms. The summed E-state index contributed by atoms with van der Waals surface area (Å²) in [6.45, 7) is 4.13. The second kappa shape index (κ2) is 5.66. The summed E-state index contributed by atoms with van der Waals surface area (Å²) >= 11 is 1.58. The molecule has 0 aliphatic rings. The second-order valence-electron chi connectivity index (χ2n) is 3.32. The highest BCUT2D eigenvalue weighted by Gasteiger charge is 2.10. The first-order valence-corrected chi connectivity index (χ1v) is 5.66. The maximum Gasteiger partial charge on any atom is 0.142 e. The average molecular weight is 280 g/mol. The predicted molar refractivity (Wildman–Crippen MR) is 75.4 cm³/mol. The van der Waals surface area contributed by atoms with Gasteiger partial charge in [0.2, 0.25) is 0 Å². The molecule has 0 aromatic carbocycles. The quantitative estimate of drug-likeness (QED) is 0.816. The number of halogens is 2. The van der Waals surface area contributed by atoms with E-state index in [0.717, 1.165) is 21.9 Å². The first-order valence-electron chi connectivity index (χ1n) is 4.43. The normalized spacial score (nSPS) is 9.69. The molecule has 0 aliphatic carbocycles. The molecule has 0 saturated heterocycles. The number of nitrogens with zero attached hydrogens (tertiary/aromatic N) is 2. The van der Waals surface area contributed by atoms with E-state index >= 15 is 0 Å². The minimum atomic E-state index is 0. The van der Waals surface area contributed by atoms with Crippen LogP contribution >= 0.6 is 36.6 Å². The van der Waals surface area contributed by atoms with Crippen molar-refractivity contribution in [3.8, 4) is 0 Å². The summed E-state index contributed by atoms with van der Waals surface area (Å²) in [5.41, 5.74) is 10.1. The van der Waals surface area contributed by atoms with Crippen LogP contribution in [0.4, 0.5) is 5.69 Å². The van der Waals surface area contributed by atoms with Crippen LogP contribution in [0.15, 0.2) is 17.2 Å². The van der Waals surface area contributed by atoms with Crippen LogP contribution < -0.4 is 5.73 Å². The van der Waals surface area contributed by atoms with Gasteiger partial charge >= 0.3 is 0 Å². The first kappa shape index (κ1) is 15.4. The van der Waals surface area contributed by atoms with Crippen LogP contribution in [0.5, 0.6) is 0 Å². The summed E-state index contributed by atoms with van der Waals surface area (Å²) in [7, 11) is 0. The van der Waals surface area contributed by atoms with Crippen LogP contribution in [0.3, 0.4) is 0 Å². The molecule has 3 nitrogen and oxygen atoms in total. The third-order valence-corrected chi connectivity index (χ3v) is 3.19. The fourth-order valence-electron chi connectivity index (χ4n) is 1.48. The van der Waals surface area contributed by atoms with Gasteiger partial charge in [0.15, 0.2) is 0 Å². The van der Waals surface area contributed by atoms with Gasteiger partial charge < -0.3 is 5.73 Å². The number of fused-ring (bicyclic) bond motifs is 1. The number of thioether (sulfide) groups is 1. The monoisotopic (exact) mass is 279 g/mol. The lowest BCUT2D eigenvalue weighted by Crippen LogP contribution is -1.95. The molecule has 0 bridgehead atoms. The second-order valence-corrected chi connectivity index (χ2v) is 4.12. The Labute approximate surface area is 112 Å². The number of nitrogen functional groups attached to an aromatic ring is 1. The molecule has 2 N–H and O–H groups in total. The highest BCUT2D eigenvalue weighted by atomic mass is 35.5. The van der Waals surface area contributed by atoms with E-state index in [-0.39, 0.29) is 24.8 Å². The minimum Gasteiger partial charge on any atom is -0.395 e. The van der Waals surface area contributed by atoms with Crippen molar-refractivity contribution in [2.75, 3.05) is 12.0 Å². The Hall–Kier alpha value is -0.580. The van der Waals surface area contributed by atoms with Crippen molar-refractivity contribution in [1.29, 1.82) is 0 Å². The molecule has 0 fully saturated rings. The lowest BCUT2D eigenvalue weighted by atomic mass is 10.2. The van der Waals surface area contributed by atoms with Gasteiger partial charge in [-0.2, -0.15) is 5.10 Å². The van der Waals surface area contributed by atoms with Crippen LogP contribution in [-0.4, -0.2) is 15.9 Å². The van der Waals surface area contributed by atoms with Crippen molar-refractivity contribution in [2.24, 2.45) is 0 Å². The summed E-state index contributed by atoms with van der Waals surface area (Å²) in [6.07, 6.45) is 1.99. The molecular weight excluding hydrogens is 265 g/mol. The summed E-state index contributed by atoms with van der Waals surface area (Å²) in [6, 6.07) is 4.09. The van der Waals surface area contributed by atoms with Gasteiger partial charge in [-0.05, 0) is 31.7 Å². The highest BCUT2D eigenvalue weighted by Crippen LogP contribution is 2.27. The largest absolute Gasteiger partial charge is 0.395 e. The number of aromatic nitrogens is 2. The van der Waals surface area contributed by atoms with Crippen molar-refractivity contribution >= 4 is 47.8 Å². The molecule has 0 aliphatic heterocycles. The van der Waals surface area contributed by atoms with Gasteiger partial charge in [0.1, 0.15) is 5.03 Å². The average Bonchev–Trinajstić information content (AvgIpc) is 2.50. The van der Waals surface area contributed by atoms with E-state index in [2.05, 4.69) is 25.0 Å². The van der Waals surface area contributed by atoms with Crippen LogP contribution in [0.25, 0.3) is 5.52 Å². The molecule has 0 amide bonds. The van der Waals surface area contributed by atoms with E-state index in [4.69, 9.17) is 5.73 Å². The van der Waals surface area contributed by atoms with E-state index in [1.807, 2.05) is 16.8 Å². The molecule has 0 radical (unpaired) electrons. The number of nitrogens with two attached hydrogens (primary N) is 1. The molecule has 0 unspecified atom stereocenters. The Morgan fingerprint density at radius 1 is 1.25 bits per heavy atom. The SMILES string of the molecule is CSc1nn2c(C)c(C)ccc2c1N.Cl.Cl. The van der Waals surface area contributed by atoms with Crippen molar-refractivity contribution in [1.82, 2.24) is 9.61 Å². The predicted octanol–water partition coefficient (Wildman–Crippen LogP) is 3.10. The lowest BCUT2D eigenvalue weighted by Gasteiger charge is -2.02. The molecule has 6 heteroatoms. The van der Waals surface area contributed by atoms with Crippen LogP contribution in [0.1, 0.15) is 11.3 Å². The van der Waals surface area contributed by atoms with Crippen LogP contribution in [-0.2, 0) is 0 Å². The molecule has 2 aromatic rings. The standard InChI is InChI=1S/C10H13N3S.2ClH/c1-6-4-5-8-9(11)10(14-3)12-13(8)7(6)2;;/h4-5H,11H2,1-3H3;2*1H. The van der Waals surface area contributed by atoms with E-state index in [1.54, 1.807) is 11.8 Å². The maximum absolute atomic E-state index is 5.96. The summed E-state index contributed by atoms with van der Waals surface area (Å²) in [5, 5.41) is 5.35. The topological polar surface area (TPSA) is 43.3 Å². The zero-order valence-electron chi connectivity index (χ0n) is 9.35. The maximum atomic E-state index is 5.96. The molecule has 90 valence electrons. The molecule has 2 heterocycles. The van der Waals surface area contributed by atoms with E-state index in [1.165, 1.54) is 5.56 Å². The smallest absolute Gasteiger partial charge is 0.142 e. The number of rotatable bonds is 1. The summed E-state index contributed by atoms with van der Waals surface area (Å²) in [4.78, 5) is 0. The van der Waals surface area contributed by atoms with Gasteiger partial charge in [0.25, 0.3) is 0 Å². The first-order chi connectivity index (χ1) is 6.65. The number of anilines is 1. The molecule has 0 saturated carbocycles. The highest BCUT2D eigenvalue weighted by molar-refractivity contribution is 7.98. The Morgan fingerprint density at radius 2 is 1.88 bits per heavy atom. The number of aryl methyl sites for hydroxylation is 2. The molecule has 0 atom stereocenters. The number of pyridine rings is 1. The van der Waals surface area contributed by atoms with Gasteiger partial charge in [-0.25, -0.2) is 4.52 Å². The zero-order chi connectivity index (χ0) is 10.3. The third-order valence-electron chi connectivity index (χ3n) is 2.50. The fraction of sp³-hybridized carbons (Fsp3) is 0.300. The van der Waals surface area contributed by atoms with Crippen molar-refractivity contribution in [3.05, 3.63) is 23.4 Å². The van der Waals surface area contributed by atoms with Crippen LogP contribution in [0.2, 0.25) is 0 Å². The molecule has 2 rings (SSSR count). The van der Waals surface area contributed by atoms with Gasteiger partial charge in [0, 0.05) is 5.69 Å². The fourth-order valence-corrected chi connectivity index (χ4v) is 1.97. The van der Waals surface area contributed by atoms with Crippen molar-refractivity contribution < 1.29 is 0 Å².